The number of hydrogen-bond donors (Lipinski definition) is 2. The second kappa shape index (κ2) is 5.67. The Labute approximate surface area is 114 Å². The van der Waals surface area contributed by atoms with Crippen molar-refractivity contribution in [2.45, 2.75) is 0 Å². The van der Waals surface area contributed by atoms with E-state index in [1.165, 1.54) is 18.2 Å². The number of carbonyl (C=O) groups excluding carboxylic acids is 1. The first-order chi connectivity index (χ1) is 9.11. The highest BCUT2D eigenvalue weighted by molar-refractivity contribution is 6.31. The van der Waals surface area contributed by atoms with Gasteiger partial charge in [0.15, 0.2) is 0 Å². The van der Waals surface area contributed by atoms with Crippen LogP contribution in [-0.2, 0) is 0 Å². The predicted octanol–water partition coefficient (Wildman–Crippen LogP) is 3.17. The molecule has 2 N–H and O–H groups in total. The van der Waals surface area contributed by atoms with Crippen molar-refractivity contribution in [3.8, 4) is 0 Å². The number of halogens is 2. The van der Waals surface area contributed by atoms with E-state index in [9.17, 15) is 9.18 Å². The van der Waals surface area contributed by atoms with Gasteiger partial charge in [0.05, 0.1) is 10.6 Å². The lowest BCUT2D eigenvalue weighted by Gasteiger charge is -2.09. The van der Waals surface area contributed by atoms with E-state index < -0.39 is 5.82 Å². The van der Waals surface area contributed by atoms with Crippen molar-refractivity contribution in [3.63, 3.8) is 0 Å². The van der Waals surface area contributed by atoms with Crippen molar-refractivity contribution in [2.75, 3.05) is 17.7 Å². The van der Waals surface area contributed by atoms with E-state index >= 15 is 0 Å². The average Bonchev–Trinajstić information content (AvgIpc) is 2.43. The van der Waals surface area contributed by atoms with E-state index in [0.717, 1.165) is 0 Å². The number of benzene rings is 1. The molecule has 2 aromatic rings. The Morgan fingerprint density at radius 2 is 2.16 bits per heavy atom. The molecule has 4 nitrogen and oxygen atoms in total. The fraction of sp³-hybridized carbons (Fsp3) is 0.0769. The molecule has 0 unspecified atom stereocenters. The molecule has 0 saturated carbocycles. The van der Waals surface area contributed by atoms with E-state index in [4.69, 9.17) is 11.6 Å². The van der Waals surface area contributed by atoms with Gasteiger partial charge in [0.2, 0.25) is 0 Å². The van der Waals surface area contributed by atoms with Crippen LogP contribution in [0.5, 0.6) is 0 Å². The number of rotatable bonds is 3. The minimum Gasteiger partial charge on any atom is -0.372 e. The van der Waals surface area contributed by atoms with E-state index in [0.29, 0.717) is 17.1 Å². The third kappa shape index (κ3) is 3.00. The first-order valence-electron chi connectivity index (χ1n) is 5.51. The maximum atomic E-state index is 13.0. The fourth-order valence-corrected chi connectivity index (χ4v) is 1.74. The molecule has 0 aliphatic carbocycles. The molecule has 6 heteroatoms. The van der Waals surface area contributed by atoms with Gasteiger partial charge in [-0.25, -0.2) is 9.37 Å². The number of hydrogen-bond acceptors (Lipinski definition) is 3. The highest BCUT2D eigenvalue weighted by Crippen LogP contribution is 2.20. The molecule has 19 heavy (non-hydrogen) atoms. The molecular formula is C13H11ClFN3O. The van der Waals surface area contributed by atoms with E-state index in [-0.39, 0.29) is 10.9 Å². The molecular weight excluding hydrogens is 269 g/mol. The van der Waals surface area contributed by atoms with Gasteiger partial charge in [0, 0.05) is 18.9 Å². The first-order valence-corrected chi connectivity index (χ1v) is 5.89. The van der Waals surface area contributed by atoms with Crippen LogP contribution >= 0.6 is 11.6 Å². The summed E-state index contributed by atoms with van der Waals surface area (Å²) in [7, 11) is 1.67. The van der Waals surface area contributed by atoms with E-state index in [1.807, 2.05) is 0 Å². The van der Waals surface area contributed by atoms with E-state index in [2.05, 4.69) is 15.6 Å². The third-order valence-electron chi connectivity index (χ3n) is 2.47. The average molecular weight is 280 g/mol. The lowest BCUT2D eigenvalue weighted by Crippen LogP contribution is -2.14. The predicted molar refractivity (Wildman–Crippen MR) is 73.1 cm³/mol. The zero-order valence-electron chi connectivity index (χ0n) is 10.1. The molecule has 0 atom stereocenters. The van der Waals surface area contributed by atoms with Crippen molar-refractivity contribution in [1.29, 1.82) is 0 Å². The molecule has 2 rings (SSSR count). The van der Waals surface area contributed by atoms with Gasteiger partial charge in [-0.05, 0) is 30.3 Å². The third-order valence-corrected chi connectivity index (χ3v) is 2.76. The quantitative estimate of drug-likeness (QED) is 0.907. The summed E-state index contributed by atoms with van der Waals surface area (Å²) in [4.78, 5) is 16.1. The maximum absolute atomic E-state index is 13.0. The standard InChI is InChI=1S/C13H11ClFN3O/c1-16-12-9(3-2-6-17-12)13(19)18-8-4-5-11(15)10(14)7-8/h2-7H,1H3,(H,16,17)(H,18,19). The van der Waals surface area contributed by atoms with Crippen LogP contribution in [0.15, 0.2) is 36.5 Å². The minimum absolute atomic E-state index is 0.0437. The number of aromatic nitrogens is 1. The Bertz CT molecular complexity index is 619. The van der Waals surface area contributed by atoms with Crippen LogP contribution < -0.4 is 10.6 Å². The summed E-state index contributed by atoms with van der Waals surface area (Å²) in [5.74, 6) is -0.412. The monoisotopic (exact) mass is 279 g/mol. The summed E-state index contributed by atoms with van der Waals surface area (Å²) in [5, 5.41) is 5.41. The van der Waals surface area contributed by atoms with Gasteiger partial charge >= 0.3 is 0 Å². The van der Waals surface area contributed by atoms with Crippen LogP contribution in [-0.4, -0.2) is 17.9 Å². The molecule has 1 amide bonds. The van der Waals surface area contributed by atoms with Crippen molar-refractivity contribution in [1.82, 2.24) is 4.98 Å². The number of nitrogens with zero attached hydrogens (tertiary/aromatic N) is 1. The van der Waals surface area contributed by atoms with Gasteiger partial charge in [-0.15, -0.1) is 0 Å². The van der Waals surface area contributed by atoms with Crippen molar-refractivity contribution in [2.24, 2.45) is 0 Å². The van der Waals surface area contributed by atoms with E-state index in [1.54, 1.807) is 25.4 Å². The molecule has 0 spiro atoms. The Morgan fingerprint density at radius 3 is 2.84 bits per heavy atom. The summed E-state index contributed by atoms with van der Waals surface area (Å²) in [6, 6.07) is 7.28. The SMILES string of the molecule is CNc1ncccc1C(=O)Nc1ccc(F)c(Cl)c1. The molecule has 0 saturated heterocycles. The van der Waals surface area contributed by atoms with Gasteiger partial charge in [0.25, 0.3) is 5.91 Å². The Kier molecular flexibility index (Phi) is 3.97. The van der Waals surface area contributed by atoms with Crippen LogP contribution in [0.4, 0.5) is 15.9 Å². The number of carbonyl (C=O) groups is 1. The van der Waals surface area contributed by atoms with Gasteiger partial charge in [-0.3, -0.25) is 4.79 Å². The highest BCUT2D eigenvalue weighted by atomic mass is 35.5. The van der Waals surface area contributed by atoms with Gasteiger partial charge in [-0.1, -0.05) is 11.6 Å². The van der Waals surface area contributed by atoms with Gasteiger partial charge < -0.3 is 10.6 Å². The smallest absolute Gasteiger partial charge is 0.259 e. The summed E-state index contributed by atoms with van der Waals surface area (Å²) < 4.78 is 13.0. The molecule has 1 heterocycles. The van der Waals surface area contributed by atoms with Crippen LogP contribution in [0, 0.1) is 5.82 Å². The van der Waals surface area contributed by atoms with Gasteiger partial charge in [-0.2, -0.15) is 0 Å². The molecule has 98 valence electrons. The van der Waals surface area contributed by atoms with Crippen LogP contribution in [0.2, 0.25) is 5.02 Å². The van der Waals surface area contributed by atoms with Crippen LogP contribution in [0.25, 0.3) is 0 Å². The minimum atomic E-state index is -0.531. The molecule has 0 bridgehead atoms. The molecule has 0 aliphatic rings. The molecule has 0 fully saturated rings. The normalized spacial score (nSPS) is 10.1. The Balaban J connectivity index is 2.23. The summed E-state index contributed by atoms with van der Waals surface area (Å²) in [6.45, 7) is 0. The van der Waals surface area contributed by atoms with Crippen molar-refractivity contribution < 1.29 is 9.18 Å². The first kappa shape index (κ1) is 13.3. The molecule has 0 aliphatic heterocycles. The Morgan fingerprint density at radius 1 is 1.37 bits per heavy atom. The lowest BCUT2D eigenvalue weighted by atomic mass is 10.2. The Hall–Kier alpha value is -2.14. The van der Waals surface area contributed by atoms with Crippen LogP contribution in [0.3, 0.4) is 0 Å². The van der Waals surface area contributed by atoms with Gasteiger partial charge in [0.1, 0.15) is 11.6 Å². The number of anilines is 2. The zero-order chi connectivity index (χ0) is 13.8. The summed E-state index contributed by atoms with van der Waals surface area (Å²) in [5.41, 5.74) is 0.813. The lowest BCUT2D eigenvalue weighted by molar-refractivity contribution is 0.102. The number of amides is 1. The largest absolute Gasteiger partial charge is 0.372 e. The topological polar surface area (TPSA) is 54.0 Å². The molecule has 1 aromatic carbocycles. The second-order valence-corrected chi connectivity index (χ2v) is 4.14. The van der Waals surface area contributed by atoms with Crippen molar-refractivity contribution in [3.05, 3.63) is 52.9 Å². The van der Waals surface area contributed by atoms with Crippen LogP contribution in [0.1, 0.15) is 10.4 Å². The van der Waals surface area contributed by atoms with Crippen molar-refractivity contribution >= 4 is 29.0 Å². The molecule has 1 aromatic heterocycles. The zero-order valence-corrected chi connectivity index (χ0v) is 10.8. The summed E-state index contributed by atoms with van der Waals surface area (Å²) >= 11 is 5.65. The number of nitrogens with one attached hydrogen (secondary N) is 2. The second-order valence-electron chi connectivity index (χ2n) is 3.73. The molecule has 0 radical (unpaired) electrons. The maximum Gasteiger partial charge on any atom is 0.259 e. The summed E-state index contributed by atoms with van der Waals surface area (Å²) in [6.07, 6.45) is 1.58. The number of pyridine rings is 1. The fourth-order valence-electron chi connectivity index (χ4n) is 1.56. The highest BCUT2D eigenvalue weighted by Gasteiger charge is 2.12.